The van der Waals surface area contributed by atoms with E-state index in [0.717, 1.165) is 17.7 Å². The molecule has 2 heterocycles. The predicted molar refractivity (Wildman–Crippen MR) is 90.8 cm³/mol. The quantitative estimate of drug-likeness (QED) is 0.867. The van der Waals surface area contributed by atoms with Gasteiger partial charge >= 0.3 is 0 Å². The van der Waals surface area contributed by atoms with Gasteiger partial charge in [0.2, 0.25) is 10.0 Å². The van der Waals surface area contributed by atoms with E-state index in [1.807, 2.05) is 38.2 Å². The third-order valence-electron chi connectivity index (χ3n) is 4.33. The first-order valence-electron chi connectivity index (χ1n) is 7.75. The fourth-order valence-electron chi connectivity index (χ4n) is 3.07. The lowest BCUT2D eigenvalue weighted by atomic mass is 10.1. The first-order valence-corrected chi connectivity index (χ1v) is 9.19. The van der Waals surface area contributed by atoms with Crippen LogP contribution in [-0.4, -0.2) is 37.3 Å². The van der Waals surface area contributed by atoms with Gasteiger partial charge in [0.1, 0.15) is 4.90 Å². The predicted octanol–water partition coefficient (Wildman–Crippen LogP) is 2.50. The molecule has 0 fully saturated rings. The van der Waals surface area contributed by atoms with Crippen LogP contribution in [0.25, 0.3) is 0 Å². The Bertz CT molecular complexity index is 777. The minimum absolute atomic E-state index is 0.0717. The molecule has 0 bridgehead atoms. The van der Waals surface area contributed by atoms with Gasteiger partial charge in [-0.3, -0.25) is 4.98 Å². The lowest BCUT2D eigenvalue weighted by Gasteiger charge is -2.29. The molecule has 1 atom stereocenters. The van der Waals surface area contributed by atoms with Gasteiger partial charge < -0.3 is 4.90 Å². The summed E-state index contributed by atoms with van der Waals surface area (Å²) in [4.78, 5) is 6.35. The number of fused-ring (bicyclic) bond motifs is 1. The van der Waals surface area contributed by atoms with Crippen LogP contribution in [0.2, 0.25) is 0 Å². The molecule has 23 heavy (non-hydrogen) atoms. The summed E-state index contributed by atoms with van der Waals surface area (Å²) in [5, 5.41) is 0. The third kappa shape index (κ3) is 2.96. The number of rotatable bonds is 3. The molecule has 2 aromatic rings. The van der Waals surface area contributed by atoms with Crippen molar-refractivity contribution in [1.29, 1.82) is 0 Å². The zero-order valence-corrected chi connectivity index (χ0v) is 14.2. The Kier molecular flexibility index (Phi) is 4.37. The van der Waals surface area contributed by atoms with Crippen molar-refractivity contribution in [3.63, 3.8) is 0 Å². The molecule has 0 unspecified atom stereocenters. The zero-order valence-electron chi connectivity index (χ0n) is 13.4. The monoisotopic (exact) mass is 331 g/mol. The van der Waals surface area contributed by atoms with Crippen LogP contribution in [0.3, 0.4) is 0 Å². The van der Waals surface area contributed by atoms with Crippen LogP contribution in [0, 0.1) is 0 Å². The molecule has 0 N–H and O–H groups in total. The van der Waals surface area contributed by atoms with Crippen molar-refractivity contribution >= 4 is 15.7 Å². The Hall–Kier alpha value is -1.92. The Labute approximate surface area is 137 Å². The average Bonchev–Trinajstić information content (AvgIpc) is 2.73. The lowest BCUT2D eigenvalue weighted by molar-refractivity contribution is 0.315. The van der Waals surface area contributed by atoms with Crippen molar-refractivity contribution in [3.05, 3.63) is 54.4 Å². The van der Waals surface area contributed by atoms with Gasteiger partial charge in [-0.25, -0.2) is 8.42 Å². The normalized spacial score (nSPS) is 19.2. The highest BCUT2D eigenvalue weighted by molar-refractivity contribution is 7.89. The van der Waals surface area contributed by atoms with Crippen LogP contribution in [0.1, 0.15) is 18.9 Å². The molecule has 5 nitrogen and oxygen atoms in total. The second-order valence-electron chi connectivity index (χ2n) is 5.81. The molecule has 1 aliphatic rings. The van der Waals surface area contributed by atoms with Crippen LogP contribution in [-0.2, 0) is 16.6 Å². The van der Waals surface area contributed by atoms with Crippen LogP contribution in [0.4, 0.5) is 5.69 Å². The second-order valence-corrected chi connectivity index (χ2v) is 7.70. The maximum absolute atomic E-state index is 13.1. The number of anilines is 1. The summed E-state index contributed by atoms with van der Waals surface area (Å²) >= 11 is 0. The first-order chi connectivity index (χ1) is 11.0. The van der Waals surface area contributed by atoms with E-state index in [9.17, 15) is 8.42 Å². The van der Waals surface area contributed by atoms with E-state index in [4.69, 9.17) is 0 Å². The molecule has 1 aromatic carbocycles. The highest BCUT2D eigenvalue weighted by atomic mass is 32.2. The van der Waals surface area contributed by atoms with Crippen molar-refractivity contribution < 1.29 is 8.42 Å². The minimum atomic E-state index is -3.57. The summed E-state index contributed by atoms with van der Waals surface area (Å²) in [7, 11) is -1.55. The van der Waals surface area contributed by atoms with Crippen molar-refractivity contribution in [1.82, 2.24) is 9.29 Å². The number of para-hydroxylation sites is 1. The Morgan fingerprint density at radius 3 is 2.70 bits per heavy atom. The maximum Gasteiger partial charge on any atom is 0.245 e. The number of sulfonamides is 1. The van der Waals surface area contributed by atoms with Crippen LogP contribution in [0.15, 0.2) is 53.7 Å². The van der Waals surface area contributed by atoms with Gasteiger partial charge in [-0.05, 0) is 30.2 Å². The number of likely N-dealkylation sites (N-methyl/N-ethyl adjacent to an activating group) is 1. The topological polar surface area (TPSA) is 53.5 Å². The maximum atomic E-state index is 13.1. The van der Waals surface area contributed by atoms with E-state index < -0.39 is 10.0 Å². The SMILES string of the molecule is CC[C@H]1CN(C)c2ccccc2CN1S(=O)(=O)c1cccnc1. The molecular formula is C17H21N3O2S. The van der Waals surface area contributed by atoms with Gasteiger partial charge in [0.05, 0.1) is 0 Å². The summed E-state index contributed by atoms with van der Waals surface area (Å²) in [6.07, 6.45) is 3.77. The average molecular weight is 331 g/mol. The van der Waals surface area contributed by atoms with Gasteiger partial charge in [0, 0.05) is 44.3 Å². The van der Waals surface area contributed by atoms with Crippen molar-refractivity contribution in [2.75, 3.05) is 18.5 Å². The van der Waals surface area contributed by atoms with Crippen molar-refractivity contribution in [2.45, 2.75) is 30.8 Å². The van der Waals surface area contributed by atoms with Crippen molar-refractivity contribution in [3.8, 4) is 0 Å². The highest BCUT2D eigenvalue weighted by Crippen LogP contribution is 2.30. The molecule has 1 aromatic heterocycles. The van der Waals surface area contributed by atoms with Crippen LogP contribution >= 0.6 is 0 Å². The smallest absolute Gasteiger partial charge is 0.245 e. The zero-order chi connectivity index (χ0) is 16.4. The number of benzene rings is 1. The van der Waals surface area contributed by atoms with E-state index in [1.54, 1.807) is 22.6 Å². The molecule has 6 heteroatoms. The van der Waals surface area contributed by atoms with Gasteiger partial charge in [-0.2, -0.15) is 4.31 Å². The second kappa shape index (κ2) is 6.29. The van der Waals surface area contributed by atoms with E-state index in [2.05, 4.69) is 9.88 Å². The van der Waals surface area contributed by atoms with E-state index in [-0.39, 0.29) is 10.9 Å². The lowest BCUT2D eigenvalue weighted by Crippen LogP contribution is -2.43. The summed E-state index contributed by atoms with van der Waals surface area (Å²) in [5.41, 5.74) is 2.12. The Morgan fingerprint density at radius 2 is 2.00 bits per heavy atom. The van der Waals surface area contributed by atoms with Gasteiger partial charge in [-0.1, -0.05) is 25.1 Å². The minimum Gasteiger partial charge on any atom is -0.373 e. The van der Waals surface area contributed by atoms with E-state index in [1.165, 1.54) is 6.20 Å². The molecule has 0 saturated heterocycles. The van der Waals surface area contributed by atoms with Gasteiger partial charge in [0.25, 0.3) is 0 Å². The van der Waals surface area contributed by atoms with Gasteiger partial charge in [-0.15, -0.1) is 0 Å². The number of hydrogen-bond acceptors (Lipinski definition) is 4. The molecule has 0 saturated carbocycles. The summed E-state index contributed by atoms with van der Waals surface area (Å²) in [5.74, 6) is 0. The number of aromatic nitrogens is 1. The van der Waals surface area contributed by atoms with Crippen LogP contribution in [0.5, 0.6) is 0 Å². The third-order valence-corrected chi connectivity index (χ3v) is 6.22. The molecule has 0 amide bonds. The summed E-state index contributed by atoms with van der Waals surface area (Å²) in [6.45, 7) is 3.09. The fourth-order valence-corrected chi connectivity index (χ4v) is 4.70. The summed E-state index contributed by atoms with van der Waals surface area (Å²) in [6, 6.07) is 11.2. The van der Waals surface area contributed by atoms with Crippen molar-refractivity contribution in [2.24, 2.45) is 0 Å². The molecule has 1 aliphatic heterocycles. The Balaban J connectivity index is 2.07. The molecule has 0 radical (unpaired) electrons. The van der Waals surface area contributed by atoms with E-state index >= 15 is 0 Å². The number of pyridine rings is 1. The first kappa shape index (κ1) is 16.0. The summed E-state index contributed by atoms with van der Waals surface area (Å²) < 4.78 is 27.8. The molecule has 3 rings (SSSR count). The Morgan fingerprint density at radius 1 is 1.22 bits per heavy atom. The molecule has 0 spiro atoms. The molecule has 0 aliphatic carbocycles. The van der Waals surface area contributed by atoms with Gasteiger partial charge in [0.15, 0.2) is 0 Å². The number of nitrogens with zero attached hydrogens (tertiary/aromatic N) is 3. The highest BCUT2D eigenvalue weighted by Gasteiger charge is 2.34. The molecule has 122 valence electrons. The number of hydrogen-bond donors (Lipinski definition) is 0. The molecular weight excluding hydrogens is 310 g/mol. The van der Waals surface area contributed by atoms with E-state index in [0.29, 0.717) is 13.1 Å². The fraction of sp³-hybridized carbons (Fsp3) is 0.353. The van der Waals surface area contributed by atoms with Crippen LogP contribution < -0.4 is 4.90 Å². The largest absolute Gasteiger partial charge is 0.373 e. The standard InChI is InChI=1S/C17H21N3O2S/c1-3-15-13-19(2)17-9-5-4-7-14(17)12-20(15)23(21,22)16-8-6-10-18-11-16/h4-11,15H,3,12-13H2,1-2H3/t15-/m0/s1.